The highest BCUT2D eigenvalue weighted by Crippen LogP contribution is 2.42. The number of benzene rings is 2. The minimum atomic E-state index is -0.275. The van der Waals surface area contributed by atoms with Crippen molar-refractivity contribution in [2.45, 2.75) is 25.3 Å². The Balaban J connectivity index is 1.74. The number of likely N-dealkylation sites (tertiary alicyclic amines) is 1. The average Bonchev–Trinajstić information content (AvgIpc) is 2.86. The minimum absolute atomic E-state index is 0.209. The van der Waals surface area contributed by atoms with Crippen LogP contribution >= 0.6 is 0 Å². The highest BCUT2D eigenvalue weighted by atomic mass is 16.5. The molecule has 192 valence electrons. The van der Waals surface area contributed by atoms with Crippen molar-refractivity contribution >= 4 is 17.6 Å². The van der Waals surface area contributed by atoms with Crippen LogP contribution in [-0.2, 0) is 0 Å². The van der Waals surface area contributed by atoms with E-state index in [2.05, 4.69) is 23.0 Å². The lowest BCUT2D eigenvalue weighted by molar-refractivity contribution is 0.0999. The van der Waals surface area contributed by atoms with Gasteiger partial charge in [-0.3, -0.25) is 9.79 Å². The molecule has 2 aliphatic heterocycles. The molecule has 2 aromatic rings. The number of likely N-dealkylation sites (N-methyl/N-ethyl adjacent to an activating group) is 1. The molecule has 2 aliphatic rings. The van der Waals surface area contributed by atoms with Gasteiger partial charge >= 0.3 is 0 Å². The maximum Gasteiger partial charge on any atom is 0.280 e. The number of guanidine groups is 1. The fraction of sp³-hybridized carbons (Fsp3) is 0.464. The van der Waals surface area contributed by atoms with Crippen LogP contribution in [0.4, 0.5) is 0 Å². The zero-order valence-electron chi connectivity index (χ0n) is 22.4. The number of methoxy groups -OCH3 is 1. The van der Waals surface area contributed by atoms with E-state index in [1.54, 1.807) is 7.11 Å². The summed E-state index contributed by atoms with van der Waals surface area (Å²) in [5.41, 5.74) is 4.75. The van der Waals surface area contributed by atoms with E-state index >= 15 is 0 Å². The van der Waals surface area contributed by atoms with Crippen molar-refractivity contribution in [2.24, 2.45) is 9.98 Å². The molecule has 1 amide bonds. The highest BCUT2D eigenvalue weighted by Gasteiger charge is 2.36. The zero-order chi connectivity index (χ0) is 26.0. The van der Waals surface area contributed by atoms with Crippen LogP contribution in [0.1, 0.15) is 46.3 Å². The summed E-state index contributed by atoms with van der Waals surface area (Å²) in [7, 11) is 11.3. The van der Waals surface area contributed by atoms with Crippen LogP contribution in [0.2, 0.25) is 0 Å². The second-order valence-electron chi connectivity index (χ2n) is 9.81. The number of hydrogen-bond acceptors (Lipinski definition) is 5. The lowest BCUT2D eigenvalue weighted by atomic mass is 9.79. The Morgan fingerprint density at radius 2 is 1.81 bits per heavy atom. The Hall–Kier alpha value is -3.39. The van der Waals surface area contributed by atoms with Gasteiger partial charge in [-0.05, 0) is 56.8 Å². The first-order valence-electron chi connectivity index (χ1n) is 12.4. The Labute approximate surface area is 214 Å². The van der Waals surface area contributed by atoms with Crippen molar-refractivity contribution < 1.29 is 14.3 Å². The van der Waals surface area contributed by atoms with Crippen LogP contribution in [0.5, 0.6) is 11.5 Å². The van der Waals surface area contributed by atoms with Crippen molar-refractivity contribution in [3.05, 3.63) is 58.7 Å². The van der Waals surface area contributed by atoms with E-state index in [9.17, 15) is 4.79 Å². The SMILES string of the molecule is CCOc1cc2c(cc1OC)C(c1ccc(C(=O)N=C(N(C)C)N(C)C)cc1)=NC1CCN(C)CC21. The molecule has 2 heterocycles. The van der Waals surface area contributed by atoms with E-state index in [0.29, 0.717) is 29.8 Å². The molecule has 1 fully saturated rings. The third kappa shape index (κ3) is 5.09. The van der Waals surface area contributed by atoms with Gasteiger partial charge in [0.2, 0.25) is 5.96 Å². The number of fused-ring (bicyclic) bond motifs is 3. The maximum absolute atomic E-state index is 12.8. The van der Waals surface area contributed by atoms with Gasteiger partial charge < -0.3 is 24.2 Å². The number of hydrogen-bond donors (Lipinski definition) is 0. The fourth-order valence-corrected chi connectivity index (χ4v) is 5.07. The first-order chi connectivity index (χ1) is 17.2. The summed E-state index contributed by atoms with van der Waals surface area (Å²) >= 11 is 0. The van der Waals surface area contributed by atoms with Gasteiger partial charge in [-0.1, -0.05) is 12.1 Å². The van der Waals surface area contributed by atoms with Gasteiger partial charge in [0.05, 0.1) is 25.5 Å². The van der Waals surface area contributed by atoms with Crippen LogP contribution in [0, 0.1) is 0 Å². The smallest absolute Gasteiger partial charge is 0.280 e. The first kappa shape index (κ1) is 25.7. The number of carbonyl (C=O) groups is 1. The number of amides is 1. The molecule has 4 rings (SSSR count). The Morgan fingerprint density at radius 3 is 2.42 bits per heavy atom. The third-order valence-electron chi connectivity index (χ3n) is 6.77. The van der Waals surface area contributed by atoms with Crippen LogP contribution in [0.3, 0.4) is 0 Å². The predicted octanol–water partition coefficient (Wildman–Crippen LogP) is 3.35. The van der Waals surface area contributed by atoms with Crippen molar-refractivity contribution in [1.29, 1.82) is 0 Å². The molecule has 0 radical (unpaired) electrons. The zero-order valence-corrected chi connectivity index (χ0v) is 22.4. The number of nitrogens with zero attached hydrogens (tertiary/aromatic N) is 5. The molecular weight excluding hydrogens is 454 g/mol. The van der Waals surface area contributed by atoms with Crippen molar-refractivity contribution in [3.8, 4) is 11.5 Å². The molecule has 1 saturated heterocycles. The second kappa shape index (κ2) is 10.7. The van der Waals surface area contributed by atoms with E-state index in [-0.39, 0.29) is 11.9 Å². The Morgan fingerprint density at radius 1 is 1.11 bits per heavy atom. The maximum atomic E-state index is 12.8. The van der Waals surface area contributed by atoms with E-state index in [4.69, 9.17) is 14.5 Å². The summed E-state index contributed by atoms with van der Waals surface area (Å²) in [5.74, 6) is 2.09. The summed E-state index contributed by atoms with van der Waals surface area (Å²) < 4.78 is 11.6. The van der Waals surface area contributed by atoms with Crippen molar-refractivity contribution in [2.75, 3.05) is 62.0 Å². The van der Waals surface area contributed by atoms with E-state index in [1.165, 1.54) is 5.56 Å². The molecule has 8 heteroatoms. The molecule has 36 heavy (non-hydrogen) atoms. The number of rotatable bonds is 5. The molecule has 2 unspecified atom stereocenters. The Kier molecular flexibility index (Phi) is 7.64. The molecule has 0 aliphatic carbocycles. The normalized spacial score (nSPS) is 18.9. The van der Waals surface area contributed by atoms with Gasteiger partial charge in [-0.15, -0.1) is 0 Å². The fourth-order valence-electron chi connectivity index (χ4n) is 5.07. The van der Waals surface area contributed by atoms with E-state index < -0.39 is 0 Å². The molecule has 0 bridgehead atoms. The van der Waals surface area contributed by atoms with Crippen LogP contribution in [0.25, 0.3) is 0 Å². The van der Waals surface area contributed by atoms with E-state index in [0.717, 1.165) is 42.1 Å². The molecule has 2 atom stereocenters. The van der Waals surface area contributed by atoms with Crippen molar-refractivity contribution in [1.82, 2.24) is 14.7 Å². The lowest BCUT2D eigenvalue weighted by Gasteiger charge is -2.39. The van der Waals surface area contributed by atoms with Crippen LogP contribution < -0.4 is 9.47 Å². The second-order valence-corrected chi connectivity index (χ2v) is 9.81. The van der Waals surface area contributed by atoms with Crippen LogP contribution in [0.15, 0.2) is 46.4 Å². The molecular formula is C28H37N5O3. The van der Waals surface area contributed by atoms with Gasteiger partial charge in [-0.2, -0.15) is 4.99 Å². The van der Waals surface area contributed by atoms with Crippen molar-refractivity contribution in [3.63, 3.8) is 0 Å². The number of carbonyl (C=O) groups excluding carboxylic acids is 1. The number of piperidine rings is 1. The monoisotopic (exact) mass is 491 g/mol. The van der Waals surface area contributed by atoms with Crippen LogP contribution in [-0.4, -0.2) is 100 Å². The molecule has 0 spiro atoms. The van der Waals surface area contributed by atoms with Gasteiger partial charge in [0.1, 0.15) is 0 Å². The minimum Gasteiger partial charge on any atom is -0.493 e. The van der Waals surface area contributed by atoms with Gasteiger partial charge in [0, 0.05) is 57.3 Å². The topological polar surface area (TPSA) is 70.0 Å². The van der Waals surface area contributed by atoms with Gasteiger partial charge in [-0.25, -0.2) is 0 Å². The van der Waals surface area contributed by atoms with Gasteiger partial charge in [0.25, 0.3) is 5.91 Å². The molecule has 0 aromatic heterocycles. The molecule has 8 nitrogen and oxygen atoms in total. The summed E-state index contributed by atoms with van der Waals surface area (Å²) in [6, 6.07) is 12.0. The summed E-state index contributed by atoms with van der Waals surface area (Å²) in [5, 5.41) is 0. The molecule has 0 saturated carbocycles. The summed E-state index contributed by atoms with van der Waals surface area (Å²) in [6.45, 7) is 4.53. The largest absolute Gasteiger partial charge is 0.493 e. The predicted molar refractivity (Wildman–Crippen MR) is 144 cm³/mol. The Bertz CT molecular complexity index is 1160. The quantitative estimate of drug-likeness (QED) is 0.472. The van der Waals surface area contributed by atoms with Gasteiger partial charge in [0.15, 0.2) is 11.5 Å². The summed E-state index contributed by atoms with van der Waals surface area (Å²) in [4.78, 5) is 28.4. The number of ether oxygens (including phenoxy) is 2. The highest BCUT2D eigenvalue weighted by molar-refractivity contribution is 6.15. The molecule has 0 N–H and O–H groups in total. The standard InChI is InChI=1S/C28H37N5O3/c1-8-36-25-15-20-21(16-24(25)35-7)26(29-23-13-14-33(6)17-22(20)23)18-9-11-19(12-10-18)27(34)30-28(31(2)3)32(4)5/h9-12,15-16,22-23H,8,13-14,17H2,1-7H3. The lowest BCUT2D eigenvalue weighted by Crippen LogP contribution is -2.41. The average molecular weight is 492 g/mol. The third-order valence-corrected chi connectivity index (χ3v) is 6.77. The van der Waals surface area contributed by atoms with E-state index in [1.807, 2.05) is 75.2 Å². The summed E-state index contributed by atoms with van der Waals surface area (Å²) in [6.07, 6.45) is 1.00. The number of aliphatic imine (C=N–C) groups is 2. The first-order valence-corrected chi connectivity index (χ1v) is 12.4. The molecule has 2 aromatic carbocycles.